The lowest BCUT2D eigenvalue weighted by Crippen LogP contribution is -2.05. The number of rotatable bonds is 7. The van der Waals surface area contributed by atoms with Crippen molar-refractivity contribution in [3.63, 3.8) is 0 Å². The Morgan fingerprint density at radius 1 is 1.15 bits per heavy atom. The van der Waals surface area contributed by atoms with Crippen molar-refractivity contribution in [2.75, 3.05) is 19.0 Å². The van der Waals surface area contributed by atoms with Crippen LogP contribution in [-0.2, 0) is 17.9 Å². The van der Waals surface area contributed by atoms with Crippen LogP contribution in [0.3, 0.4) is 0 Å². The van der Waals surface area contributed by atoms with Crippen molar-refractivity contribution < 1.29 is 9.47 Å². The Morgan fingerprint density at radius 2 is 1.95 bits per heavy atom. The van der Waals surface area contributed by atoms with E-state index in [0.29, 0.717) is 25.6 Å². The lowest BCUT2D eigenvalue weighted by Gasteiger charge is -2.11. The van der Waals surface area contributed by atoms with Crippen molar-refractivity contribution in [1.82, 2.24) is 9.97 Å². The molecule has 1 aromatic heterocycles. The van der Waals surface area contributed by atoms with Crippen LogP contribution >= 0.6 is 0 Å². The molecule has 0 saturated carbocycles. The lowest BCUT2D eigenvalue weighted by atomic mass is 10.1. The molecule has 0 amide bonds. The highest BCUT2D eigenvalue weighted by atomic mass is 16.5. The van der Waals surface area contributed by atoms with E-state index in [1.54, 1.807) is 13.2 Å². The minimum Gasteiger partial charge on any atom is -0.481 e. The zero-order valence-electron chi connectivity index (χ0n) is 11.8. The van der Waals surface area contributed by atoms with E-state index in [2.05, 4.69) is 27.4 Å². The SMILES string of the molecule is CCOCc1ccccc1CNc1cc(OC)ncn1. The number of nitrogens with zero attached hydrogens (tertiary/aromatic N) is 2. The second-order valence-electron chi connectivity index (χ2n) is 4.21. The topological polar surface area (TPSA) is 56.3 Å². The Labute approximate surface area is 119 Å². The van der Waals surface area contributed by atoms with Gasteiger partial charge in [-0.2, -0.15) is 0 Å². The molecule has 1 heterocycles. The molecule has 0 saturated heterocycles. The van der Waals surface area contributed by atoms with Crippen molar-refractivity contribution in [3.05, 3.63) is 47.8 Å². The first kappa shape index (κ1) is 14.3. The maximum absolute atomic E-state index is 5.48. The van der Waals surface area contributed by atoms with Crippen LogP contribution in [0.25, 0.3) is 0 Å². The van der Waals surface area contributed by atoms with E-state index in [0.717, 1.165) is 5.82 Å². The zero-order valence-corrected chi connectivity index (χ0v) is 11.8. The van der Waals surface area contributed by atoms with Gasteiger partial charge in [-0.3, -0.25) is 0 Å². The molecule has 0 unspecified atom stereocenters. The van der Waals surface area contributed by atoms with Crippen molar-refractivity contribution >= 4 is 5.82 Å². The third-order valence-electron chi connectivity index (χ3n) is 2.89. The molecule has 106 valence electrons. The molecule has 1 N–H and O–H groups in total. The zero-order chi connectivity index (χ0) is 14.2. The average molecular weight is 273 g/mol. The molecule has 5 heteroatoms. The maximum atomic E-state index is 5.48. The second-order valence-corrected chi connectivity index (χ2v) is 4.21. The first-order chi connectivity index (χ1) is 9.83. The predicted octanol–water partition coefficient (Wildman–Crippen LogP) is 2.63. The van der Waals surface area contributed by atoms with Gasteiger partial charge in [0, 0.05) is 19.2 Å². The van der Waals surface area contributed by atoms with Gasteiger partial charge < -0.3 is 14.8 Å². The first-order valence-electron chi connectivity index (χ1n) is 6.58. The molecule has 0 atom stereocenters. The smallest absolute Gasteiger partial charge is 0.218 e. The van der Waals surface area contributed by atoms with Gasteiger partial charge in [-0.1, -0.05) is 24.3 Å². The molecular formula is C15H19N3O2. The number of hydrogen-bond donors (Lipinski definition) is 1. The Kier molecular flexibility index (Phi) is 5.32. The molecule has 1 aromatic carbocycles. The summed E-state index contributed by atoms with van der Waals surface area (Å²) in [6.45, 7) is 4.02. The fourth-order valence-electron chi connectivity index (χ4n) is 1.82. The third-order valence-corrected chi connectivity index (χ3v) is 2.89. The summed E-state index contributed by atoms with van der Waals surface area (Å²) in [4.78, 5) is 8.14. The molecule has 5 nitrogen and oxygen atoms in total. The largest absolute Gasteiger partial charge is 0.481 e. The highest BCUT2D eigenvalue weighted by Gasteiger charge is 2.03. The normalized spacial score (nSPS) is 10.3. The molecule has 2 rings (SSSR count). The number of hydrogen-bond acceptors (Lipinski definition) is 5. The summed E-state index contributed by atoms with van der Waals surface area (Å²) < 4.78 is 10.5. The maximum Gasteiger partial charge on any atom is 0.218 e. The summed E-state index contributed by atoms with van der Waals surface area (Å²) in [5, 5.41) is 3.27. The summed E-state index contributed by atoms with van der Waals surface area (Å²) in [6, 6.07) is 9.97. The fraction of sp³-hybridized carbons (Fsp3) is 0.333. The Hall–Kier alpha value is -2.14. The van der Waals surface area contributed by atoms with Crippen LogP contribution in [0.1, 0.15) is 18.1 Å². The fourth-order valence-corrected chi connectivity index (χ4v) is 1.82. The van der Waals surface area contributed by atoms with E-state index in [1.807, 2.05) is 19.1 Å². The van der Waals surface area contributed by atoms with Crippen LogP contribution < -0.4 is 10.1 Å². The summed E-state index contributed by atoms with van der Waals surface area (Å²) >= 11 is 0. The lowest BCUT2D eigenvalue weighted by molar-refractivity contribution is 0.133. The van der Waals surface area contributed by atoms with Crippen molar-refractivity contribution in [3.8, 4) is 5.88 Å². The highest BCUT2D eigenvalue weighted by molar-refractivity contribution is 5.39. The first-order valence-corrected chi connectivity index (χ1v) is 6.58. The Morgan fingerprint density at radius 3 is 2.70 bits per heavy atom. The number of methoxy groups -OCH3 is 1. The molecule has 2 aromatic rings. The summed E-state index contributed by atoms with van der Waals surface area (Å²) in [5.41, 5.74) is 2.38. The minimum atomic E-state index is 0.546. The summed E-state index contributed by atoms with van der Waals surface area (Å²) in [5.74, 6) is 1.29. The summed E-state index contributed by atoms with van der Waals surface area (Å²) in [7, 11) is 1.59. The second kappa shape index (κ2) is 7.45. The third kappa shape index (κ3) is 3.93. The standard InChI is InChI=1S/C15H19N3O2/c1-3-20-10-13-7-5-4-6-12(13)9-16-14-8-15(19-2)18-11-17-14/h4-8,11H,3,9-10H2,1-2H3,(H,16,17,18). The van der Waals surface area contributed by atoms with Crippen LogP contribution in [0.15, 0.2) is 36.7 Å². The van der Waals surface area contributed by atoms with Crippen molar-refractivity contribution in [1.29, 1.82) is 0 Å². The van der Waals surface area contributed by atoms with E-state index in [1.165, 1.54) is 17.5 Å². The van der Waals surface area contributed by atoms with E-state index in [9.17, 15) is 0 Å². The number of benzene rings is 1. The molecule has 0 aliphatic rings. The van der Waals surface area contributed by atoms with Gasteiger partial charge >= 0.3 is 0 Å². The number of aromatic nitrogens is 2. The monoisotopic (exact) mass is 273 g/mol. The highest BCUT2D eigenvalue weighted by Crippen LogP contribution is 2.14. The van der Waals surface area contributed by atoms with Gasteiger partial charge in [0.2, 0.25) is 5.88 Å². The summed E-state index contributed by atoms with van der Waals surface area (Å²) in [6.07, 6.45) is 1.48. The molecule has 0 aliphatic heterocycles. The number of anilines is 1. The van der Waals surface area contributed by atoms with E-state index in [-0.39, 0.29) is 0 Å². The van der Waals surface area contributed by atoms with Crippen molar-refractivity contribution in [2.45, 2.75) is 20.1 Å². The van der Waals surface area contributed by atoms with Gasteiger partial charge in [0.1, 0.15) is 12.1 Å². The molecule has 0 spiro atoms. The van der Waals surface area contributed by atoms with E-state index in [4.69, 9.17) is 9.47 Å². The molecular weight excluding hydrogens is 254 g/mol. The van der Waals surface area contributed by atoms with Crippen molar-refractivity contribution in [2.24, 2.45) is 0 Å². The molecule has 20 heavy (non-hydrogen) atoms. The minimum absolute atomic E-state index is 0.546. The van der Waals surface area contributed by atoms with Gasteiger partial charge in [-0.25, -0.2) is 9.97 Å². The van der Waals surface area contributed by atoms with E-state index < -0.39 is 0 Å². The van der Waals surface area contributed by atoms with Gasteiger partial charge in [-0.15, -0.1) is 0 Å². The number of ether oxygens (including phenoxy) is 2. The van der Waals surface area contributed by atoms with Crippen LogP contribution in [-0.4, -0.2) is 23.7 Å². The molecule has 0 aliphatic carbocycles. The van der Waals surface area contributed by atoms with Gasteiger partial charge in [0.25, 0.3) is 0 Å². The number of nitrogens with one attached hydrogen (secondary N) is 1. The predicted molar refractivity (Wildman–Crippen MR) is 77.7 cm³/mol. The van der Waals surface area contributed by atoms with Gasteiger partial charge in [-0.05, 0) is 18.1 Å². The molecule has 0 radical (unpaired) electrons. The van der Waals surface area contributed by atoms with Crippen LogP contribution in [0.4, 0.5) is 5.82 Å². The Bertz CT molecular complexity index is 546. The van der Waals surface area contributed by atoms with Crippen LogP contribution in [0, 0.1) is 0 Å². The quantitative estimate of drug-likeness (QED) is 0.840. The van der Waals surface area contributed by atoms with Gasteiger partial charge in [0.15, 0.2) is 0 Å². The molecule has 0 bridgehead atoms. The van der Waals surface area contributed by atoms with Crippen LogP contribution in [0.5, 0.6) is 5.88 Å². The van der Waals surface area contributed by atoms with Crippen LogP contribution in [0.2, 0.25) is 0 Å². The molecule has 0 fully saturated rings. The Balaban J connectivity index is 2.02. The average Bonchev–Trinajstić information content (AvgIpc) is 2.52. The van der Waals surface area contributed by atoms with E-state index >= 15 is 0 Å². The van der Waals surface area contributed by atoms with Gasteiger partial charge in [0.05, 0.1) is 13.7 Å².